The highest BCUT2D eigenvalue weighted by Crippen LogP contribution is 2.22. The molecule has 0 amide bonds. The number of nitrogens with zero attached hydrogens (tertiary/aromatic N) is 3. The Kier molecular flexibility index (Phi) is 5.92. The summed E-state index contributed by atoms with van der Waals surface area (Å²) >= 11 is 0. The second-order valence-electron chi connectivity index (χ2n) is 6.82. The molecule has 0 spiro atoms. The summed E-state index contributed by atoms with van der Waals surface area (Å²) in [5.41, 5.74) is 2.89. The first-order chi connectivity index (χ1) is 11.3. The first-order valence-electron chi connectivity index (χ1n) is 9.25. The molecule has 0 aromatic heterocycles. The molecule has 3 rings (SSSR count). The highest BCUT2D eigenvalue weighted by Gasteiger charge is 2.22. The van der Waals surface area contributed by atoms with E-state index in [1.807, 2.05) is 0 Å². The molecule has 128 valence electrons. The van der Waals surface area contributed by atoms with Crippen molar-refractivity contribution in [2.45, 2.75) is 38.8 Å². The van der Waals surface area contributed by atoms with Gasteiger partial charge in [0.1, 0.15) is 6.23 Å². The van der Waals surface area contributed by atoms with Crippen LogP contribution in [0.5, 0.6) is 0 Å². The summed E-state index contributed by atoms with van der Waals surface area (Å²) in [6.07, 6.45) is 4.20. The monoisotopic (exact) mass is 317 g/mol. The van der Waals surface area contributed by atoms with Crippen LogP contribution < -0.4 is 4.90 Å². The number of likely N-dealkylation sites (tertiary alicyclic amines) is 1. The summed E-state index contributed by atoms with van der Waals surface area (Å²) in [7, 11) is 0. The summed E-state index contributed by atoms with van der Waals surface area (Å²) in [4.78, 5) is 7.35. The van der Waals surface area contributed by atoms with Gasteiger partial charge in [-0.25, -0.2) is 0 Å². The number of aliphatic hydroxyl groups excluding tert-OH is 1. The molecule has 1 N–H and O–H groups in total. The van der Waals surface area contributed by atoms with Crippen LogP contribution in [0.1, 0.15) is 31.7 Å². The molecule has 2 fully saturated rings. The van der Waals surface area contributed by atoms with E-state index in [2.05, 4.69) is 45.9 Å². The average Bonchev–Trinajstić information content (AvgIpc) is 3.01. The highest BCUT2D eigenvalue weighted by molar-refractivity contribution is 5.54. The zero-order chi connectivity index (χ0) is 16.1. The third-order valence-electron chi connectivity index (χ3n) is 5.33. The van der Waals surface area contributed by atoms with Gasteiger partial charge in [-0.2, -0.15) is 0 Å². The molecule has 4 heteroatoms. The first-order valence-corrected chi connectivity index (χ1v) is 9.25. The lowest BCUT2D eigenvalue weighted by atomic mass is 10.1. The van der Waals surface area contributed by atoms with Crippen LogP contribution in [0.15, 0.2) is 24.3 Å². The van der Waals surface area contributed by atoms with Crippen molar-refractivity contribution < 1.29 is 5.11 Å². The Morgan fingerprint density at radius 3 is 2.52 bits per heavy atom. The van der Waals surface area contributed by atoms with Crippen molar-refractivity contribution in [3.63, 3.8) is 0 Å². The molecule has 1 aromatic carbocycles. The lowest BCUT2D eigenvalue weighted by Gasteiger charge is -2.37. The van der Waals surface area contributed by atoms with E-state index in [-0.39, 0.29) is 6.23 Å². The quantitative estimate of drug-likeness (QED) is 0.871. The normalized spacial score (nSPS) is 23.6. The minimum atomic E-state index is -0.183. The van der Waals surface area contributed by atoms with Crippen LogP contribution in [0, 0.1) is 0 Å². The maximum atomic E-state index is 9.84. The van der Waals surface area contributed by atoms with E-state index in [9.17, 15) is 5.11 Å². The molecular formula is C19H31N3O. The van der Waals surface area contributed by atoms with Gasteiger partial charge in [-0.3, -0.25) is 9.80 Å². The van der Waals surface area contributed by atoms with E-state index in [1.165, 1.54) is 17.7 Å². The van der Waals surface area contributed by atoms with Gasteiger partial charge in [0.15, 0.2) is 0 Å². The van der Waals surface area contributed by atoms with Crippen LogP contribution in [0.2, 0.25) is 0 Å². The Bertz CT molecular complexity index is 485. The zero-order valence-electron chi connectivity index (χ0n) is 14.5. The van der Waals surface area contributed by atoms with Gasteiger partial charge in [0.2, 0.25) is 0 Å². The molecule has 2 saturated heterocycles. The summed E-state index contributed by atoms with van der Waals surface area (Å²) in [5, 5.41) is 9.84. The molecule has 2 aliphatic rings. The van der Waals surface area contributed by atoms with Gasteiger partial charge in [0.25, 0.3) is 0 Å². The van der Waals surface area contributed by atoms with Gasteiger partial charge in [-0.05, 0) is 43.9 Å². The number of anilines is 1. The predicted octanol–water partition coefficient (Wildman–Crippen LogP) is 2.18. The van der Waals surface area contributed by atoms with Crippen molar-refractivity contribution >= 4 is 5.69 Å². The molecule has 0 bridgehead atoms. The summed E-state index contributed by atoms with van der Waals surface area (Å²) < 4.78 is 0. The molecule has 1 atom stereocenters. The smallest absolute Gasteiger partial charge is 0.107 e. The van der Waals surface area contributed by atoms with Crippen molar-refractivity contribution in [1.82, 2.24) is 9.80 Å². The third kappa shape index (κ3) is 4.25. The summed E-state index contributed by atoms with van der Waals surface area (Å²) in [6.45, 7) is 10.1. The number of benzene rings is 1. The van der Waals surface area contributed by atoms with E-state index in [0.29, 0.717) is 0 Å². The Balaban J connectivity index is 1.41. The predicted molar refractivity (Wildman–Crippen MR) is 95.9 cm³/mol. The number of rotatable bonds is 6. The van der Waals surface area contributed by atoms with Crippen molar-refractivity contribution in [3.05, 3.63) is 29.8 Å². The highest BCUT2D eigenvalue weighted by atomic mass is 16.3. The Hall–Kier alpha value is -1.10. The van der Waals surface area contributed by atoms with E-state index in [4.69, 9.17) is 0 Å². The van der Waals surface area contributed by atoms with Crippen LogP contribution in [0.4, 0.5) is 5.69 Å². The van der Waals surface area contributed by atoms with Gasteiger partial charge >= 0.3 is 0 Å². The standard InChI is InChI=1S/C19H31N3O/c1-2-17-7-3-4-8-18(17)21-15-13-20(14-16-21)10-6-12-22-11-5-9-19(22)23/h3-4,7-8,19,23H,2,5-6,9-16H2,1H3. The molecule has 1 unspecified atom stereocenters. The van der Waals surface area contributed by atoms with E-state index in [0.717, 1.165) is 65.1 Å². The van der Waals surface area contributed by atoms with Gasteiger partial charge in [0, 0.05) is 45.0 Å². The SMILES string of the molecule is CCc1ccccc1N1CCN(CCCN2CCCC2O)CC1. The molecule has 0 saturated carbocycles. The van der Waals surface area contributed by atoms with Gasteiger partial charge in [-0.1, -0.05) is 25.1 Å². The number of hydrogen-bond acceptors (Lipinski definition) is 4. The average molecular weight is 317 g/mol. The van der Waals surface area contributed by atoms with Crippen molar-refractivity contribution in [1.29, 1.82) is 0 Å². The van der Waals surface area contributed by atoms with Crippen molar-refractivity contribution in [2.75, 3.05) is 50.7 Å². The fraction of sp³-hybridized carbons (Fsp3) is 0.684. The molecule has 0 radical (unpaired) electrons. The second-order valence-corrected chi connectivity index (χ2v) is 6.82. The second kappa shape index (κ2) is 8.13. The van der Waals surface area contributed by atoms with Crippen LogP contribution in [0.3, 0.4) is 0 Å². The maximum absolute atomic E-state index is 9.84. The number of hydrogen-bond donors (Lipinski definition) is 1. The number of aryl methyl sites for hydroxylation is 1. The minimum absolute atomic E-state index is 0.183. The van der Waals surface area contributed by atoms with Crippen molar-refractivity contribution in [2.24, 2.45) is 0 Å². The molecule has 2 heterocycles. The molecule has 1 aromatic rings. The Labute approximate surface area is 140 Å². The van der Waals surface area contributed by atoms with Gasteiger partial charge in [-0.15, -0.1) is 0 Å². The third-order valence-corrected chi connectivity index (χ3v) is 5.33. The molecule has 23 heavy (non-hydrogen) atoms. The minimum Gasteiger partial charge on any atom is -0.378 e. The van der Waals surface area contributed by atoms with Gasteiger partial charge in [0.05, 0.1) is 0 Å². The van der Waals surface area contributed by atoms with E-state index < -0.39 is 0 Å². The molecule has 4 nitrogen and oxygen atoms in total. The molecule has 2 aliphatic heterocycles. The summed E-state index contributed by atoms with van der Waals surface area (Å²) in [6, 6.07) is 8.82. The van der Waals surface area contributed by atoms with E-state index in [1.54, 1.807) is 0 Å². The summed E-state index contributed by atoms with van der Waals surface area (Å²) in [5.74, 6) is 0. The van der Waals surface area contributed by atoms with Crippen LogP contribution in [0.25, 0.3) is 0 Å². The Morgan fingerprint density at radius 1 is 1.04 bits per heavy atom. The number of piperazine rings is 1. The zero-order valence-corrected chi connectivity index (χ0v) is 14.5. The fourth-order valence-corrected chi connectivity index (χ4v) is 3.90. The molecular weight excluding hydrogens is 286 g/mol. The lowest BCUT2D eigenvalue weighted by molar-refractivity contribution is 0.0356. The first kappa shape index (κ1) is 16.7. The Morgan fingerprint density at radius 2 is 1.83 bits per heavy atom. The van der Waals surface area contributed by atoms with Gasteiger partial charge < -0.3 is 10.0 Å². The van der Waals surface area contributed by atoms with Crippen LogP contribution in [-0.4, -0.2) is 66.9 Å². The van der Waals surface area contributed by atoms with E-state index >= 15 is 0 Å². The van der Waals surface area contributed by atoms with Crippen LogP contribution >= 0.6 is 0 Å². The molecule has 0 aliphatic carbocycles. The number of aliphatic hydroxyl groups is 1. The topological polar surface area (TPSA) is 30.0 Å². The maximum Gasteiger partial charge on any atom is 0.107 e. The van der Waals surface area contributed by atoms with Crippen molar-refractivity contribution in [3.8, 4) is 0 Å². The lowest BCUT2D eigenvalue weighted by Crippen LogP contribution is -2.47. The van der Waals surface area contributed by atoms with Crippen LogP contribution in [-0.2, 0) is 6.42 Å². The number of para-hydroxylation sites is 1. The largest absolute Gasteiger partial charge is 0.378 e. The fourth-order valence-electron chi connectivity index (χ4n) is 3.90.